The quantitative estimate of drug-likeness (QED) is 0.588. The Kier molecular flexibility index (Phi) is 4.07. The van der Waals surface area contributed by atoms with Gasteiger partial charge in [-0.15, -0.1) is 0 Å². The minimum absolute atomic E-state index is 0.0912. The molecule has 5 heteroatoms. The Balaban J connectivity index is 1.93. The number of hydrogen-bond donors (Lipinski definition) is 3. The first-order chi connectivity index (χ1) is 12.3. The molecule has 0 fully saturated rings. The number of fused-ring (bicyclic) bond motifs is 1. The molecule has 3 N–H and O–H groups in total. The van der Waals surface area contributed by atoms with Crippen LogP contribution in [0.3, 0.4) is 0 Å². The number of aromatic hydroxyl groups is 1. The van der Waals surface area contributed by atoms with E-state index in [1.807, 2.05) is 30.3 Å². The molecule has 1 heterocycles. The Bertz CT molecular complexity index is 933. The van der Waals surface area contributed by atoms with Crippen LogP contribution in [0.4, 0.5) is 11.4 Å². The van der Waals surface area contributed by atoms with Gasteiger partial charge in [-0.2, -0.15) is 0 Å². The molecule has 2 aromatic carbocycles. The van der Waals surface area contributed by atoms with E-state index in [1.165, 1.54) is 0 Å². The van der Waals surface area contributed by atoms with Gasteiger partial charge in [0, 0.05) is 27.7 Å². The molecule has 2 aliphatic rings. The van der Waals surface area contributed by atoms with Crippen molar-refractivity contribution in [2.45, 2.75) is 32.7 Å². The van der Waals surface area contributed by atoms with Crippen molar-refractivity contribution in [2.75, 3.05) is 10.6 Å². The van der Waals surface area contributed by atoms with Crippen molar-refractivity contribution in [1.82, 2.24) is 0 Å². The lowest BCUT2D eigenvalue weighted by molar-refractivity contribution is -0.118. The highest BCUT2D eigenvalue weighted by Gasteiger charge is 2.39. The zero-order valence-corrected chi connectivity index (χ0v) is 16.4. The summed E-state index contributed by atoms with van der Waals surface area (Å²) in [5.41, 5.74) is 4.12. The van der Waals surface area contributed by atoms with Gasteiger partial charge >= 0.3 is 0 Å². The Morgan fingerprint density at radius 1 is 1.12 bits per heavy atom. The van der Waals surface area contributed by atoms with E-state index in [2.05, 4.69) is 40.4 Å². The summed E-state index contributed by atoms with van der Waals surface area (Å²) >= 11 is 3.48. The van der Waals surface area contributed by atoms with Crippen LogP contribution in [-0.2, 0) is 4.79 Å². The van der Waals surface area contributed by atoms with Gasteiger partial charge in [0.1, 0.15) is 5.75 Å². The van der Waals surface area contributed by atoms with Crippen molar-refractivity contribution in [2.24, 2.45) is 5.41 Å². The highest BCUT2D eigenvalue weighted by molar-refractivity contribution is 9.10. The maximum absolute atomic E-state index is 13.1. The number of Topliss-reactive ketones (excluding diaryl/α,β-unsaturated/α-hetero) is 1. The number of phenols is 1. The molecule has 0 unspecified atom stereocenters. The van der Waals surface area contributed by atoms with Gasteiger partial charge in [-0.05, 0) is 42.2 Å². The fourth-order valence-corrected chi connectivity index (χ4v) is 4.26. The van der Waals surface area contributed by atoms with Crippen LogP contribution >= 0.6 is 15.9 Å². The Morgan fingerprint density at radius 3 is 2.62 bits per heavy atom. The fraction of sp³-hybridized carbons (Fsp3) is 0.286. The van der Waals surface area contributed by atoms with Crippen molar-refractivity contribution in [3.05, 3.63) is 63.8 Å². The first-order valence-corrected chi connectivity index (χ1v) is 9.51. The average molecular weight is 413 g/mol. The third-order valence-corrected chi connectivity index (χ3v) is 5.51. The molecule has 0 aromatic heterocycles. The minimum atomic E-state index is -0.401. The molecule has 0 saturated carbocycles. The standard InChI is InChI=1S/C21H21BrN2O2/c1-21(2)10-16-19(18(26)11-21)20(13-9-12(22)7-8-17(13)25)24-15-6-4-3-5-14(15)23-16/h3-9,20,23-25H,10-11H2,1-2H3/t20-/m1/s1. The summed E-state index contributed by atoms with van der Waals surface area (Å²) in [6, 6.07) is 12.8. The number of carbonyl (C=O) groups is 1. The lowest BCUT2D eigenvalue weighted by Gasteiger charge is -2.34. The van der Waals surface area contributed by atoms with E-state index in [-0.39, 0.29) is 16.9 Å². The molecule has 2 aromatic rings. The van der Waals surface area contributed by atoms with Crippen molar-refractivity contribution in [1.29, 1.82) is 0 Å². The van der Waals surface area contributed by atoms with Crippen molar-refractivity contribution in [3.63, 3.8) is 0 Å². The first kappa shape index (κ1) is 17.2. The van der Waals surface area contributed by atoms with Crippen LogP contribution < -0.4 is 10.6 Å². The monoisotopic (exact) mass is 412 g/mol. The predicted octanol–water partition coefficient (Wildman–Crippen LogP) is 5.38. The molecule has 1 aliphatic heterocycles. The van der Waals surface area contributed by atoms with Gasteiger partial charge < -0.3 is 15.7 Å². The van der Waals surface area contributed by atoms with E-state index >= 15 is 0 Å². The molecule has 0 saturated heterocycles. The van der Waals surface area contributed by atoms with E-state index in [0.29, 0.717) is 17.6 Å². The second kappa shape index (κ2) is 6.16. The van der Waals surface area contributed by atoms with E-state index < -0.39 is 6.04 Å². The topological polar surface area (TPSA) is 61.4 Å². The summed E-state index contributed by atoms with van der Waals surface area (Å²) < 4.78 is 0.864. The van der Waals surface area contributed by atoms with Crippen LogP contribution in [0.25, 0.3) is 0 Å². The molecule has 26 heavy (non-hydrogen) atoms. The van der Waals surface area contributed by atoms with E-state index in [0.717, 1.165) is 28.0 Å². The number of rotatable bonds is 1. The van der Waals surface area contributed by atoms with E-state index in [4.69, 9.17) is 0 Å². The lowest BCUT2D eigenvalue weighted by atomic mass is 9.73. The van der Waals surface area contributed by atoms with Gasteiger partial charge in [0.15, 0.2) is 5.78 Å². The molecule has 0 radical (unpaired) electrons. The van der Waals surface area contributed by atoms with Crippen LogP contribution in [-0.4, -0.2) is 10.9 Å². The van der Waals surface area contributed by atoms with Crippen molar-refractivity contribution >= 4 is 33.1 Å². The molecular formula is C21H21BrN2O2. The highest BCUT2D eigenvalue weighted by Crippen LogP contribution is 2.46. The lowest BCUT2D eigenvalue weighted by Crippen LogP contribution is -2.31. The SMILES string of the molecule is CC1(C)CC(=O)C2=C(C1)Nc1ccccc1N[C@@H]2c1cc(Br)ccc1O. The normalized spacial score (nSPS) is 21.2. The number of nitrogens with one attached hydrogen (secondary N) is 2. The number of hydrogen-bond acceptors (Lipinski definition) is 4. The zero-order chi connectivity index (χ0) is 18.5. The second-order valence-electron chi connectivity index (χ2n) is 7.78. The minimum Gasteiger partial charge on any atom is -0.508 e. The number of para-hydroxylation sites is 2. The van der Waals surface area contributed by atoms with Gasteiger partial charge in [-0.3, -0.25) is 4.79 Å². The zero-order valence-electron chi connectivity index (χ0n) is 14.8. The summed E-state index contributed by atoms with van der Waals surface area (Å²) in [6.07, 6.45) is 1.28. The predicted molar refractivity (Wildman–Crippen MR) is 107 cm³/mol. The molecular weight excluding hydrogens is 392 g/mol. The third kappa shape index (κ3) is 3.01. The largest absolute Gasteiger partial charge is 0.508 e. The molecule has 0 spiro atoms. The van der Waals surface area contributed by atoms with Gasteiger partial charge in [0.05, 0.1) is 17.4 Å². The third-order valence-electron chi connectivity index (χ3n) is 5.02. The van der Waals surface area contributed by atoms with Crippen LogP contribution in [0.5, 0.6) is 5.75 Å². The summed E-state index contributed by atoms with van der Waals surface area (Å²) in [4.78, 5) is 13.1. The number of anilines is 2. The van der Waals surface area contributed by atoms with Crippen LogP contribution in [0.15, 0.2) is 58.2 Å². The van der Waals surface area contributed by atoms with Crippen molar-refractivity contribution in [3.8, 4) is 5.75 Å². The van der Waals surface area contributed by atoms with Crippen molar-refractivity contribution < 1.29 is 9.90 Å². The smallest absolute Gasteiger partial charge is 0.163 e. The average Bonchev–Trinajstić information content (AvgIpc) is 2.72. The maximum atomic E-state index is 13.1. The molecule has 0 amide bonds. The molecule has 4 nitrogen and oxygen atoms in total. The Labute approximate surface area is 161 Å². The highest BCUT2D eigenvalue weighted by atomic mass is 79.9. The number of allylic oxidation sites excluding steroid dienone is 1. The van der Waals surface area contributed by atoms with Crippen LogP contribution in [0.1, 0.15) is 38.3 Å². The molecule has 1 aliphatic carbocycles. The number of benzene rings is 2. The molecule has 0 bridgehead atoms. The number of halogens is 1. The van der Waals surface area contributed by atoms with Crippen LogP contribution in [0, 0.1) is 5.41 Å². The summed E-state index contributed by atoms with van der Waals surface area (Å²) in [5.74, 6) is 0.294. The second-order valence-corrected chi connectivity index (χ2v) is 8.70. The van der Waals surface area contributed by atoms with Gasteiger partial charge in [0.25, 0.3) is 0 Å². The summed E-state index contributed by atoms with van der Waals surface area (Å²) in [6.45, 7) is 4.23. The molecule has 4 rings (SSSR count). The number of carbonyl (C=O) groups excluding carboxylic acids is 1. The summed E-state index contributed by atoms with van der Waals surface area (Å²) in [7, 11) is 0. The molecule has 1 atom stereocenters. The number of phenolic OH excluding ortho intramolecular Hbond substituents is 1. The first-order valence-electron chi connectivity index (χ1n) is 8.71. The maximum Gasteiger partial charge on any atom is 0.163 e. The molecule has 134 valence electrons. The van der Waals surface area contributed by atoms with E-state index in [1.54, 1.807) is 12.1 Å². The Hall–Kier alpha value is -2.27. The van der Waals surface area contributed by atoms with Gasteiger partial charge in [0.2, 0.25) is 0 Å². The Morgan fingerprint density at radius 2 is 1.85 bits per heavy atom. The van der Waals surface area contributed by atoms with Crippen LogP contribution in [0.2, 0.25) is 0 Å². The number of ketones is 1. The fourth-order valence-electron chi connectivity index (χ4n) is 3.88. The summed E-state index contributed by atoms with van der Waals surface area (Å²) in [5, 5.41) is 17.5. The van der Waals surface area contributed by atoms with Gasteiger partial charge in [-0.1, -0.05) is 41.9 Å². The van der Waals surface area contributed by atoms with Gasteiger partial charge in [-0.25, -0.2) is 0 Å². The van der Waals surface area contributed by atoms with E-state index in [9.17, 15) is 9.90 Å².